The maximum absolute atomic E-state index is 5.78. The van der Waals surface area contributed by atoms with Gasteiger partial charge in [0.2, 0.25) is 0 Å². The topological polar surface area (TPSA) is 44.5 Å². The van der Waals surface area contributed by atoms with E-state index in [0.717, 1.165) is 12.2 Å². The first-order valence-electron chi connectivity index (χ1n) is 4.78. The lowest BCUT2D eigenvalue weighted by Crippen LogP contribution is -2.02. The summed E-state index contributed by atoms with van der Waals surface area (Å²) in [5.41, 5.74) is 7.05. The van der Waals surface area contributed by atoms with Crippen LogP contribution in [0.5, 0.6) is 5.75 Å². The molecule has 2 unspecified atom stereocenters. The molecule has 1 fully saturated rings. The molecule has 2 atom stereocenters. The standard InChI is InChI=1S/C11H15NO2/c1-13-7-14-9-4-2-3-8(5-9)10-6-11(10)12/h2-5,10-11H,6-7,12H2,1H3. The summed E-state index contributed by atoms with van der Waals surface area (Å²) in [6.07, 6.45) is 1.09. The first-order valence-corrected chi connectivity index (χ1v) is 4.78. The Morgan fingerprint density at radius 2 is 2.29 bits per heavy atom. The summed E-state index contributed by atoms with van der Waals surface area (Å²) in [6.45, 7) is 0.292. The van der Waals surface area contributed by atoms with E-state index < -0.39 is 0 Å². The van der Waals surface area contributed by atoms with Gasteiger partial charge in [0.1, 0.15) is 5.75 Å². The van der Waals surface area contributed by atoms with E-state index in [4.69, 9.17) is 15.2 Å². The largest absolute Gasteiger partial charge is 0.468 e. The van der Waals surface area contributed by atoms with Gasteiger partial charge in [0.15, 0.2) is 6.79 Å². The van der Waals surface area contributed by atoms with Crippen LogP contribution in [0.1, 0.15) is 17.9 Å². The lowest BCUT2D eigenvalue weighted by molar-refractivity contribution is 0.0511. The molecule has 1 aromatic carbocycles. The zero-order valence-electron chi connectivity index (χ0n) is 8.27. The predicted octanol–water partition coefficient (Wildman–Crippen LogP) is 1.48. The average Bonchev–Trinajstić information content (AvgIpc) is 2.93. The predicted molar refractivity (Wildman–Crippen MR) is 54.3 cm³/mol. The minimum atomic E-state index is 0.292. The minimum absolute atomic E-state index is 0.292. The second-order valence-corrected chi connectivity index (χ2v) is 3.63. The van der Waals surface area contributed by atoms with Crippen molar-refractivity contribution in [3.63, 3.8) is 0 Å². The Morgan fingerprint density at radius 1 is 1.50 bits per heavy atom. The molecule has 0 saturated heterocycles. The molecule has 1 aromatic rings. The number of hydrogen-bond acceptors (Lipinski definition) is 3. The number of benzene rings is 1. The van der Waals surface area contributed by atoms with Gasteiger partial charge in [0.05, 0.1) is 0 Å². The van der Waals surface area contributed by atoms with Crippen LogP contribution in [-0.4, -0.2) is 19.9 Å². The number of rotatable bonds is 4. The highest BCUT2D eigenvalue weighted by Gasteiger charge is 2.34. The van der Waals surface area contributed by atoms with Gasteiger partial charge in [-0.05, 0) is 24.1 Å². The Hall–Kier alpha value is -1.06. The fourth-order valence-corrected chi connectivity index (χ4v) is 1.56. The molecule has 0 heterocycles. The molecule has 1 aliphatic carbocycles. The van der Waals surface area contributed by atoms with Crippen LogP contribution in [0.15, 0.2) is 24.3 Å². The van der Waals surface area contributed by atoms with Crippen molar-refractivity contribution in [2.75, 3.05) is 13.9 Å². The van der Waals surface area contributed by atoms with Crippen molar-refractivity contribution in [1.29, 1.82) is 0 Å². The van der Waals surface area contributed by atoms with E-state index in [1.165, 1.54) is 5.56 Å². The Labute approximate surface area is 83.8 Å². The number of nitrogens with two attached hydrogens (primary N) is 1. The highest BCUT2D eigenvalue weighted by atomic mass is 16.7. The SMILES string of the molecule is COCOc1cccc(C2CC2N)c1. The van der Waals surface area contributed by atoms with Crippen LogP contribution < -0.4 is 10.5 Å². The van der Waals surface area contributed by atoms with Crippen molar-refractivity contribution >= 4 is 0 Å². The van der Waals surface area contributed by atoms with Crippen molar-refractivity contribution < 1.29 is 9.47 Å². The van der Waals surface area contributed by atoms with Crippen molar-refractivity contribution in [1.82, 2.24) is 0 Å². The lowest BCUT2D eigenvalue weighted by Gasteiger charge is -2.06. The second-order valence-electron chi connectivity index (χ2n) is 3.63. The Morgan fingerprint density at radius 3 is 2.93 bits per heavy atom. The molecule has 76 valence electrons. The van der Waals surface area contributed by atoms with Gasteiger partial charge in [-0.2, -0.15) is 0 Å². The van der Waals surface area contributed by atoms with Crippen molar-refractivity contribution in [2.24, 2.45) is 5.73 Å². The molecule has 14 heavy (non-hydrogen) atoms. The van der Waals surface area contributed by atoms with Crippen LogP contribution in [0, 0.1) is 0 Å². The smallest absolute Gasteiger partial charge is 0.188 e. The molecule has 0 aromatic heterocycles. The van der Waals surface area contributed by atoms with Gasteiger partial charge in [-0.3, -0.25) is 0 Å². The van der Waals surface area contributed by atoms with Gasteiger partial charge in [-0.1, -0.05) is 12.1 Å². The fraction of sp³-hybridized carbons (Fsp3) is 0.455. The zero-order chi connectivity index (χ0) is 9.97. The molecule has 0 aliphatic heterocycles. The molecule has 0 spiro atoms. The molecule has 2 N–H and O–H groups in total. The third-order valence-corrected chi connectivity index (χ3v) is 2.47. The maximum atomic E-state index is 5.78. The summed E-state index contributed by atoms with van der Waals surface area (Å²) in [5.74, 6) is 1.38. The van der Waals surface area contributed by atoms with Crippen LogP contribution in [0.4, 0.5) is 0 Å². The van der Waals surface area contributed by atoms with E-state index in [-0.39, 0.29) is 0 Å². The molecule has 3 nitrogen and oxygen atoms in total. The second kappa shape index (κ2) is 3.98. The van der Waals surface area contributed by atoms with E-state index in [1.807, 2.05) is 18.2 Å². The van der Waals surface area contributed by atoms with Gasteiger partial charge < -0.3 is 15.2 Å². The van der Waals surface area contributed by atoms with E-state index in [0.29, 0.717) is 18.8 Å². The van der Waals surface area contributed by atoms with Crippen molar-refractivity contribution in [2.45, 2.75) is 18.4 Å². The summed E-state index contributed by atoms with van der Waals surface area (Å²) in [7, 11) is 1.61. The fourth-order valence-electron chi connectivity index (χ4n) is 1.56. The summed E-state index contributed by atoms with van der Waals surface area (Å²) in [4.78, 5) is 0. The number of methoxy groups -OCH3 is 1. The molecule has 0 radical (unpaired) electrons. The zero-order valence-corrected chi connectivity index (χ0v) is 8.27. The lowest BCUT2D eigenvalue weighted by atomic mass is 10.1. The third kappa shape index (κ3) is 2.05. The minimum Gasteiger partial charge on any atom is -0.468 e. The Kier molecular flexibility index (Phi) is 2.70. The van der Waals surface area contributed by atoms with Crippen LogP contribution in [0.2, 0.25) is 0 Å². The molecule has 1 saturated carbocycles. The average molecular weight is 193 g/mol. The number of hydrogen-bond donors (Lipinski definition) is 1. The third-order valence-electron chi connectivity index (χ3n) is 2.47. The quantitative estimate of drug-likeness (QED) is 0.737. The van der Waals surface area contributed by atoms with Crippen molar-refractivity contribution in [3.05, 3.63) is 29.8 Å². The van der Waals surface area contributed by atoms with E-state index in [1.54, 1.807) is 7.11 Å². The van der Waals surface area contributed by atoms with Crippen molar-refractivity contribution in [3.8, 4) is 5.75 Å². The maximum Gasteiger partial charge on any atom is 0.188 e. The van der Waals surface area contributed by atoms with Crippen LogP contribution in [0.3, 0.4) is 0 Å². The Bertz CT molecular complexity index is 314. The summed E-state index contributed by atoms with van der Waals surface area (Å²) < 4.78 is 10.2. The molecular weight excluding hydrogens is 178 g/mol. The highest BCUT2D eigenvalue weighted by molar-refractivity contribution is 5.34. The van der Waals surface area contributed by atoms with Gasteiger partial charge in [0.25, 0.3) is 0 Å². The van der Waals surface area contributed by atoms with Gasteiger partial charge >= 0.3 is 0 Å². The molecule has 3 heteroatoms. The molecule has 1 aliphatic rings. The Balaban J connectivity index is 2.03. The van der Waals surface area contributed by atoms with E-state index in [2.05, 4.69) is 6.07 Å². The monoisotopic (exact) mass is 193 g/mol. The van der Waals surface area contributed by atoms with E-state index >= 15 is 0 Å². The van der Waals surface area contributed by atoms with Gasteiger partial charge in [-0.15, -0.1) is 0 Å². The van der Waals surface area contributed by atoms with Crippen LogP contribution >= 0.6 is 0 Å². The van der Waals surface area contributed by atoms with Crippen LogP contribution in [-0.2, 0) is 4.74 Å². The summed E-state index contributed by atoms with van der Waals surface area (Å²) in [5, 5.41) is 0. The molecule has 0 bridgehead atoms. The first kappa shape index (κ1) is 9.49. The van der Waals surface area contributed by atoms with Crippen LogP contribution in [0.25, 0.3) is 0 Å². The molecular formula is C11H15NO2. The molecule has 0 amide bonds. The first-order chi connectivity index (χ1) is 6.81. The highest BCUT2D eigenvalue weighted by Crippen LogP contribution is 2.39. The van der Waals surface area contributed by atoms with Gasteiger partial charge in [-0.25, -0.2) is 0 Å². The summed E-state index contributed by atoms with van der Waals surface area (Å²) >= 11 is 0. The normalized spacial score (nSPS) is 24.7. The number of ether oxygens (including phenoxy) is 2. The summed E-state index contributed by atoms with van der Waals surface area (Å²) in [6, 6.07) is 8.39. The van der Waals surface area contributed by atoms with Gasteiger partial charge in [0, 0.05) is 19.1 Å². The van der Waals surface area contributed by atoms with E-state index in [9.17, 15) is 0 Å². The molecule has 2 rings (SSSR count).